The fourth-order valence-corrected chi connectivity index (χ4v) is 2.70. The minimum atomic E-state index is 0.101. The van der Waals surface area contributed by atoms with Crippen molar-refractivity contribution in [2.24, 2.45) is 5.73 Å². The average Bonchev–Trinajstić information content (AvgIpc) is 2.56. The number of hydrogen-bond acceptors (Lipinski definition) is 4. The van der Waals surface area contributed by atoms with E-state index in [1.165, 1.54) is 5.56 Å². The van der Waals surface area contributed by atoms with Gasteiger partial charge in [0.15, 0.2) is 0 Å². The van der Waals surface area contributed by atoms with E-state index in [0.717, 1.165) is 25.0 Å². The van der Waals surface area contributed by atoms with Crippen LogP contribution in [0.3, 0.4) is 0 Å². The summed E-state index contributed by atoms with van der Waals surface area (Å²) in [5, 5.41) is 0. The van der Waals surface area contributed by atoms with E-state index in [4.69, 9.17) is 15.2 Å². The lowest BCUT2D eigenvalue weighted by Crippen LogP contribution is -2.46. The Morgan fingerprint density at radius 3 is 2.86 bits per heavy atom. The van der Waals surface area contributed by atoms with E-state index in [0.29, 0.717) is 32.7 Å². The highest BCUT2D eigenvalue weighted by atomic mass is 16.5. The Balaban J connectivity index is 1.72. The highest BCUT2D eigenvalue weighted by molar-refractivity contribution is 5.76. The fraction of sp³-hybridized carbons (Fsp3) is 0.588. The van der Waals surface area contributed by atoms with Gasteiger partial charge >= 0.3 is 0 Å². The van der Waals surface area contributed by atoms with Gasteiger partial charge in [0.2, 0.25) is 5.91 Å². The topological polar surface area (TPSA) is 64.8 Å². The Hall–Kier alpha value is -1.59. The molecule has 1 saturated heterocycles. The lowest BCUT2D eigenvalue weighted by molar-refractivity contribution is -0.139. The number of ether oxygens (including phenoxy) is 2. The third-order valence-electron chi connectivity index (χ3n) is 4.00. The second-order valence-corrected chi connectivity index (χ2v) is 5.61. The number of nitrogens with zero attached hydrogens (tertiary/aromatic N) is 1. The maximum atomic E-state index is 12.3. The zero-order chi connectivity index (χ0) is 15.8. The fourth-order valence-electron chi connectivity index (χ4n) is 2.70. The highest BCUT2D eigenvalue weighted by Gasteiger charge is 2.23. The first-order chi connectivity index (χ1) is 10.7. The molecule has 1 aliphatic rings. The van der Waals surface area contributed by atoms with Crippen molar-refractivity contribution in [3.05, 3.63) is 29.8 Å². The first kappa shape index (κ1) is 16.8. The molecule has 2 rings (SSSR count). The molecule has 0 aliphatic carbocycles. The zero-order valence-electron chi connectivity index (χ0n) is 13.3. The summed E-state index contributed by atoms with van der Waals surface area (Å²) in [4.78, 5) is 14.2. The van der Waals surface area contributed by atoms with Crippen molar-refractivity contribution in [2.75, 3.05) is 33.4 Å². The van der Waals surface area contributed by atoms with E-state index in [-0.39, 0.29) is 12.0 Å². The molecular weight excluding hydrogens is 280 g/mol. The third kappa shape index (κ3) is 5.00. The van der Waals surface area contributed by atoms with Crippen molar-refractivity contribution in [3.8, 4) is 5.75 Å². The summed E-state index contributed by atoms with van der Waals surface area (Å²) < 4.78 is 10.7. The van der Waals surface area contributed by atoms with Crippen LogP contribution in [0.1, 0.15) is 24.8 Å². The number of carbonyl (C=O) groups excluding carboxylic acids is 1. The van der Waals surface area contributed by atoms with Crippen LogP contribution in [0.5, 0.6) is 5.75 Å². The van der Waals surface area contributed by atoms with Crippen molar-refractivity contribution < 1.29 is 14.3 Å². The summed E-state index contributed by atoms with van der Waals surface area (Å²) >= 11 is 0. The Kier molecular flexibility index (Phi) is 6.68. The number of morpholine rings is 1. The average molecular weight is 306 g/mol. The summed E-state index contributed by atoms with van der Waals surface area (Å²) in [6.07, 6.45) is 3.28. The quantitative estimate of drug-likeness (QED) is 0.831. The molecule has 5 heteroatoms. The van der Waals surface area contributed by atoms with E-state index in [2.05, 4.69) is 12.1 Å². The normalized spacial score (nSPS) is 18.3. The van der Waals surface area contributed by atoms with Gasteiger partial charge in [-0.2, -0.15) is 0 Å². The van der Waals surface area contributed by atoms with Gasteiger partial charge in [-0.1, -0.05) is 12.1 Å². The molecule has 1 heterocycles. The number of hydrogen-bond donors (Lipinski definition) is 1. The molecule has 1 aliphatic heterocycles. The Morgan fingerprint density at radius 2 is 2.18 bits per heavy atom. The smallest absolute Gasteiger partial charge is 0.222 e. The number of methoxy groups -OCH3 is 1. The molecule has 0 radical (unpaired) electrons. The van der Waals surface area contributed by atoms with Crippen LogP contribution in [0.25, 0.3) is 0 Å². The number of amides is 1. The van der Waals surface area contributed by atoms with Gasteiger partial charge < -0.3 is 20.1 Å². The van der Waals surface area contributed by atoms with E-state index in [9.17, 15) is 4.79 Å². The summed E-state index contributed by atoms with van der Waals surface area (Å²) in [6, 6.07) is 8.01. The second kappa shape index (κ2) is 8.76. The summed E-state index contributed by atoms with van der Waals surface area (Å²) in [7, 11) is 1.66. The molecule has 1 fully saturated rings. The van der Waals surface area contributed by atoms with Crippen LogP contribution in [0.4, 0.5) is 0 Å². The Morgan fingerprint density at radius 1 is 1.41 bits per heavy atom. The summed E-state index contributed by atoms with van der Waals surface area (Å²) in [5.41, 5.74) is 6.79. The van der Waals surface area contributed by atoms with Gasteiger partial charge in [-0.15, -0.1) is 0 Å². The predicted octanol–water partition coefficient (Wildman–Crippen LogP) is 1.59. The van der Waals surface area contributed by atoms with Crippen LogP contribution in [0, 0.1) is 0 Å². The van der Waals surface area contributed by atoms with Gasteiger partial charge in [-0.05, 0) is 43.5 Å². The van der Waals surface area contributed by atoms with Crippen LogP contribution in [-0.2, 0) is 16.0 Å². The van der Waals surface area contributed by atoms with E-state index in [1.54, 1.807) is 7.11 Å². The maximum absolute atomic E-state index is 12.3. The van der Waals surface area contributed by atoms with Gasteiger partial charge in [0.25, 0.3) is 0 Å². The van der Waals surface area contributed by atoms with E-state index in [1.807, 2.05) is 17.0 Å². The molecule has 0 saturated carbocycles. The van der Waals surface area contributed by atoms with Crippen molar-refractivity contribution in [1.29, 1.82) is 0 Å². The molecule has 2 N–H and O–H groups in total. The van der Waals surface area contributed by atoms with Crippen LogP contribution in [0.2, 0.25) is 0 Å². The zero-order valence-corrected chi connectivity index (χ0v) is 13.3. The molecule has 22 heavy (non-hydrogen) atoms. The number of nitrogens with two attached hydrogens (primary N) is 1. The van der Waals surface area contributed by atoms with Gasteiger partial charge in [0, 0.05) is 19.5 Å². The molecule has 0 spiro atoms. The van der Waals surface area contributed by atoms with Crippen LogP contribution in [0.15, 0.2) is 24.3 Å². The minimum absolute atomic E-state index is 0.101. The first-order valence-corrected chi connectivity index (χ1v) is 7.95. The van der Waals surface area contributed by atoms with E-state index < -0.39 is 0 Å². The molecular formula is C17H26N2O3. The molecule has 1 amide bonds. The van der Waals surface area contributed by atoms with Crippen LogP contribution >= 0.6 is 0 Å². The standard InChI is InChI=1S/C17H26N2O3/c1-21-15-7-5-14(6-8-15)3-2-4-17(20)19-11-12-22-16(13-19)9-10-18/h5-8,16H,2-4,9-13,18H2,1H3. The second-order valence-electron chi connectivity index (χ2n) is 5.61. The SMILES string of the molecule is COc1ccc(CCCC(=O)N2CCOC(CCN)C2)cc1. The first-order valence-electron chi connectivity index (χ1n) is 7.95. The predicted molar refractivity (Wildman–Crippen MR) is 85.9 cm³/mol. The van der Waals surface area contributed by atoms with Crippen LogP contribution in [-0.4, -0.2) is 50.3 Å². The largest absolute Gasteiger partial charge is 0.497 e. The molecule has 1 aromatic rings. The summed E-state index contributed by atoms with van der Waals surface area (Å²) in [5.74, 6) is 1.08. The monoisotopic (exact) mass is 306 g/mol. The Labute approximate surface area is 132 Å². The molecule has 122 valence electrons. The molecule has 1 unspecified atom stereocenters. The highest BCUT2D eigenvalue weighted by Crippen LogP contribution is 2.14. The van der Waals surface area contributed by atoms with Gasteiger partial charge in [0.1, 0.15) is 5.75 Å². The number of benzene rings is 1. The molecule has 1 aromatic carbocycles. The van der Waals surface area contributed by atoms with Gasteiger partial charge in [-0.3, -0.25) is 4.79 Å². The number of aryl methyl sites for hydroxylation is 1. The Bertz CT molecular complexity index is 459. The minimum Gasteiger partial charge on any atom is -0.497 e. The summed E-state index contributed by atoms with van der Waals surface area (Å²) in [6.45, 7) is 2.60. The van der Waals surface area contributed by atoms with Crippen molar-refractivity contribution >= 4 is 5.91 Å². The molecule has 5 nitrogen and oxygen atoms in total. The van der Waals surface area contributed by atoms with Crippen molar-refractivity contribution in [2.45, 2.75) is 31.8 Å². The van der Waals surface area contributed by atoms with Crippen molar-refractivity contribution in [1.82, 2.24) is 4.90 Å². The number of rotatable bonds is 7. The molecule has 0 aromatic heterocycles. The third-order valence-corrected chi connectivity index (χ3v) is 4.00. The van der Waals surface area contributed by atoms with Gasteiger partial charge in [0.05, 0.1) is 19.8 Å². The van der Waals surface area contributed by atoms with Gasteiger partial charge in [-0.25, -0.2) is 0 Å². The van der Waals surface area contributed by atoms with E-state index >= 15 is 0 Å². The number of carbonyl (C=O) groups is 1. The molecule has 0 bridgehead atoms. The lowest BCUT2D eigenvalue weighted by atomic mass is 10.1. The lowest BCUT2D eigenvalue weighted by Gasteiger charge is -2.33. The van der Waals surface area contributed by atoms with Crippen molar-refractivity contribution in [3.63, 3.8) is 0 Å². The maximum Gasteiger partial charge on any atom is 0.222 e. The van der Waals surface area contributed by atoms with Crippen LogP contribution < -0.4 is 10.5 Å². The molecule has 1 atom stereocenters.